The van der Waals surface area contributed by atoms with Crippen molar-refractivity contribution in [1.82, 2.24) is 9.34 Å². The van der Waals surface area contributed by atoms with Crippen LogP contribution < -0.4 is 0 Å². The Kier molecular flexibility index (Phi) is 3.38. The molecule has 0 bridgehead atoms. The average molecular weight is 297 g/mol. The van der Waals surface area contributed by atoms with Gasteiger partial charge < -0.3 is 0 Å². The summed E-state index contributed by atoms with van der Waals surface area (Å²) < 4.78 is 22.3. The predicted molar refractivity (Wildman–Crippen MR) is 73.3 cm³/mol. The molecule has 0 saturated carbocycles. The number of nitrogens with zero attached hydrogens (tertiary/aromatic N) is 3. The topological polar surface area (TPSA) is 75.5 Å². The standard InChI is InChI=1S/C12H16N3O4P/c1-10(11-2-4-12(5-3-11)15(16)17)19-20(18,13-6-7-13)14-8-9-14/h2-5,10H,6-9H2,1H3/t10-/m0/s1. The monoisotopic (exact) mass is 297 g/mol. The van der Waals surface area contributed by atoms with Crippen LogP contribution in [-0.2, 0) is 9.09 Å². The Morgan fingerprint density at radius 3 is 2.10 bits per heavy atom. The van der Waals surface area contributed by atoms with Crippen LogP contribution in [0.2, 0.25) is 0 Å². The van der Waals surface area contributed by atoms with Crippen LogP contribution in [0.15, 0.2) is 24.3 Å². The third kappa shape index (κ3) is 2.62. The van der Waals surface area contributed by atoms with Gasteiger partial charge in [-0.15, -0.1) is 0 Å². The predicted octanol–water partition coefficient (Wildman–Crippen LogP) is 2.41. The fraction of sp³-hybridized carbons (Fsp3) is 0.500. The lowest BCUT2D eigenvalue weighted by molar-refractivity contribution is -0.384. The number of hydrogen-bond acceptors (Lipinski definition) is 4. The smallest absolute Gasteiger partial charge is 0.298 e. The molecule has 0 amide bonds. The van der Waals surface area contributed by atoms with Gasteiger partial charge in [-0.1, -0.05) is 0 Å². The molecule has 2 aliphatic rings. The minimum Gasteiger partial charge on any atom is -0.298 e. The highest BCUT2D eigenvalue weighted by Crippen LogP contribution is 2.63. The Morgan fingerprint density at radius 1 is 1.20 bits per heavy atom. The zero-order chi connectivity index (χ0) is 14.3. The molecule has 7 nitrogen and oxygen atoms in total. The van der Waals surface area contributed by atoms with Crippen molar-refractivity contribution in [2.24, 2.45) is 0 Å². The van der Waals surface area contributed by atoms with Crippen LogP contribution in [0.3, 0.4) is 0 Å². The molecule has 0 unspecified atom stereocenters. The molecule has 2 saturated heterocycles. The van der Waals surface area contributed by atoms with Gasteiger partial charge in [0.25, 0.3) is 5.69 Å². The first-order valence-electron chi connectivity index (χ1n) is 6.54. The molecule has 0 aromatic heterocycles. The van der Waals surface area contributed by atoms with Gasteiger partial charge in [0.05, 0.1) is 11.0 Å². The van der Waals surface area contributed by atoms with Crippen molar-refractivity contribution in [3.8, 4) is 0 Å². The molecule has 2 fully saturated rings. The molecule has 1 aromatic carbocycles. The van der Waals surface area contributed by atoms with Crippen molar-refractivity contribution in [3.05, 3.63) is 39.9 Å². The van der Waals surface area contributed by atoms with Gasteiger partial charge in [0.1, 0.15) is 0 Å². The summed E-state index contributed by atoms with van der Waals surface area (Å²) in [4.78, 5) is 10.2. The molecule has 0 N–H and O–H groups in total. The highest BCUT2D eigenvalue weighted by Gasteiger charge is 2.50. The maximum Gasteiger partial charge on any atom is 0.346 e. The van der Waals surface area contributed by atoms with Gasteiger partial charge in [-0.3, -0.25) is 19.2 Å². The maximum absolute atomic E-state index is 12.8. The molecule has 0 aliphatic carbocycles. The van der Waals surface area contributed by atoms with Gasteiger partial charge in [0, 0.05) is 38.3 Å². The molecule has 8 heteroatoms. The number of hydrogen-bond donors (Lipinski definition) is 0. The van der Waals surface area contributed by atoms with E-state index in [2.05, 4.69) is 0 Å². The second kappa shape index (κ2) is 4.93. The second-order valence-electron chi connectivity index (χ2n) is 4.99. The molecule has 108 valence electrons. The summed E-state index contributed by atoms with van der Waals surface area (Å²) >= 11 is 0. The Morgan fingerprint density at radius 2 is 1.70 bits per heavy atom. The molecule has 20 heavy (non-hydrogen) atoms. The summed E-state index contributed by atoms with van der Waals surface area (Å²) in [7, 11) is -2.86. The van der Waals surface area contributed by atoms with Crippen LogP contribution >= 0.6 is 7.67 Å². The number of nitro groups is 1. The van der Waals surface area contributed by atoms with Gasteiger partial charge in [0.15, 0.2) is 0 Å². The van der Waals surface area contributed by atoms with E-state index in [-0.39, 0.29) is 11.8 Å². The lowest BCUT2D eigenvalue weighted by atomic mass is 10.1. The highest BCUT2D eigenvalue weighted by atomic mass is 31.2. The van der Waals surface area contributed by atoms with Crippen LogP contribution in [0.1, 0.15) is 18.6 Å². The first kappa shape index (κ1) is 13.7. The fourth-order valence-electron chi connectivity index (χ4n) is 2.04. The lowest BCUT2D eigenvalue weighted by Crippen LogP contribution is -2.10. The van der Waals surface area contributed by atoms with E-state index in [0.29, 0.717) is 0 Å². The van der Waals surface area contributed by atoms with Crippen LogP contribution in [0.5, 0.6) is 0 Å². The van der Waals surface area contributed by atoms with E-state index in [4.69, 9.17) is 4.52 Å². The summed E-state index contributed by atoms with van der Waals surface area (Å²) in [5.74, 6) is 0. The first-order chi connectivity index (χ1) is 9.50. The lowest BCUT2D eigenvalue weighted by Gasteiger charge is -2.24. The normalized spacial score (nSPS) is 20.6. The SMILES string of the molecule is C[C@H](OP(=O)(N1CC1)N1CC1)c1ccc([N+](=O)[O-])cc1. The van der Waals surface area contributed by atoms with Crippen molar-refractivity contribution >= 4 is 13.4 Å². The van der Waals surface area contributed by atoms with E-state index < -0.39 is 12.6 Å². The first-order valence-corrected chi connectivity index (χ1v) is 8.07. The van der Waals surface area contributed by atoms with Crippen molar-refractivity contribution in [2.75, 3.05) is 26.2 Å². The Hall–Kier alpha value is -1.27. The van der Waals surface area contributed by atoms with Gasteiger partial charge in [-0.25, -0.2) is 9.34 Å². The Balaban J connectivity index is 1.73. The zero-order valence-electron chi connectivity index (χ0n) is 11.1. The molecule has 0 spiro atoms. The number of rotatable bonds is 6. The van der Waals surface area contributed by atoms with E-state index in [1.165, 1.54) is 12.1 Å². The summed E-state index contributed by atoms with van der Waals surface area (Å²) in [6.07, 6.45) is -0.358. The molecular weight excluding hydrogens is 281 g/mol. The average Bonchev–Trinajstić information content (AvgIpc) is 3.31. The largest absolute Gasteiger partial charge is 0.346 e. The fourth-order valence-corrected chi connectivity index (χ4v) is 4.39. The molecule has 1 atom stereocenters. The zero-order valence-corrected chi connectivity index (χ0v) is 12.0. The van der Waals surface area contributed by atoms with Gasteiger partial charge >= 0.3 is 7.67 Å². The summed E-state index contributed by atoms with van der Waals surface area (Å²) in [6.45, 7) is 5.05. The van der Waals surface area contributed by atoms with E-state index in [1.807, 2.05) is 16.3 Å². The molecule has 1 aromatic rings. The van der Waals surface area contributed by atoms with E-state index >= 15 is 0 Å². The van der Waals surface area contributed by atoms with Crippen LogP contribution in [0.4, 0.5) is 5.69 Å². The van der Waals surface area contributed by atoms with Gasteiger partial charge in [-0.2, -0.15) is 0 Å². The Bertz CT molecular complexity index is 553. The molecule has 2 aliphatic heterocycles. The third-order valence-electron chi connectivity index (χ3n) is 3.43. The van der Waals surface area contributed by atoms with Crippen molar-refractivity contribution in [3.63, 3.8) is 0 Å². The van der Waals surface area contributed by atoms with Crippen molar-refractivity contribution in [1.29, 1.82) is 0 Å². The van der Waals surface area contributed by atoms with Crippen molar-refractivity contribution in [2.45, 2.75) is 13.0 Å². The molecule has 3 rings (SSSR count). The quantitative estimate of drug-likeness (QED) is 0.347. The number of nitro benzene ring substituents is 1. The maximum atomic E-state index is 12.8. The number of benzene rings is 1. The summed E-state index contributed by atoms with van der Waals surface area (Å²) in [6, 6.07) is 6.18. The molecule has 2 heterocycles. The van der Waals surface area contributed by atoms with E-state index in [9.17, 15) is 14.7 Å². The highest BCUT2D eigenvalue weighted by molar-refractivity contribution is 7.54. The summed E-state index contributed by atoms with van der Waals surface area (Å²) in [5, 5.41) is 10.6. The molecule has 0 radical (unpaired) electrons. The molecular formula is C12H16N3O4P. The van der Waals surface area contributed by atoms with E-state index in [1.54, 1.807) is 12.1 Å². The summed E-state index contributed by atoms with van der Waals surface area (Å²) in [5.41, 5.74) is 0.834. The van der Waals surface area contributed by atoms with Crippen LogP contribution in [-0.4, -0.2) is 40.4 Å². The van der Waals surface area contributed by atoms with E-state index in [0.717, 1.165) is 31.7 Å². The second-order valence-corrected chi connectivity index (χ2v) is 7.32. The number of non-ortho nitro benzene ring substituents is 1. The van der Waals surface area contributed by atoms with Crippen molar-refractivity contribution < 1.29 is 14.0 Å². The van der Waals surface area contributed by atoms with Crippen LogP contribution in [0.25, 0.3) is 0 Å². The van der Waals surface area contributed by atoms with Gasteiger partial charge in [0.2, 0.25) is 0 Å². The minimum atomic E-state index is -2.86. The van der Waals surface area contributed by atoms with Gasteiger partial charge in [-0.05, 0) is 24.6 Å². The van der Waals surface area contributed by atoms with Crippen LogP contribution in [0, 0.1) is 10.1 Å². The Labute approximate surface area is 116 Å². The minimum absolute atomic E-state index is 0.0426. The third-order valence-corrected chi connectivity index (χ3v) is 6.25.